The van der Waals surface area contributed by atoms with E-state index in [4.69, 9.17) is 10.5 Å². The predicted octanol–water partition coefficient (Wildman–Crippen LogP) is 0.0223. The Balaban J connectivity index is 2.62. The van der Waals surface area contributed by atoms with Gasteiger partial charge in [0.25, 0.3) is 5.91 Å². The zero-order valence-corrected chi connectivity index (χ0v) is 8.73. The fourth-order valence-electron chi connectivity index (χ4n) is 0.901. The first kappa shape index (κ1) is 11.4. The van der Waals surface area contributed by atoms with Crippen LogP contribution in [-0.4, -0.2) is 35.6 Å². The third-order valence-electron chi connectivity index (χ3n) is 1.86. The minimum atomic E-state index is -0.592. The second-order valence-electron chi connectivity index (χ2n) is 3.08. The van der Waals surface area contributed by atoms with Crippen LogP contribution in [0.5, 0.6) is 0 Å². The highest BCUT2D eigenvalue weighted by Crippen LogP contribution is 2.02. The molecule has 15 heavy (non-hydrogen) atoms. The number of nitrogens with zero attached hydrogens (tertiary/aromatic N) is 2. The van der Waals surface area contributed by atoms with Crippen LogP contribution in [0.2, 0.25) is 0 Å². The molecule has 0 aromatic carbocycles. The molecule has 1 amide bonds. The molecule has 1 aromatic rings. The fourth-order valence-corrected chi connectivity index (χ4v) is 0.901. The molecule has 0 fully saturated rings. The minimum Gasteiger partial charge on any atom is -0.380 e. The smallest absolute Gasteiger partial charge is 0.268 e. The van der Waals surface area contributed by atoms with Crippen molar-refractivity contribution in [1.82, 2.24) is 9.97 Å². The number of ether oxygens (including phenoxy) is 1. The summed E-state index contributed by atoms with van der Waals surface area (Å²) >= 11 is 0. The van der Waals surface area contributed by atoms with Crippen molar-refractivity contribution < 1.29 is 9.53 Å². The van der Waals surface area contributed by atoms with Crippen LogP contribution in [0.4, 0.5) is 5.82 Å². The standard InChI is InChI=1S/C9H14N4O2/c1-6(15-2)3-12-8-5-11-4-7(13-8)9(10)14/h4-6H,3H2,1-2H3,(H2,10,14)(H,12,13). The van der Waals surface area contributed by atoms with E-state index in [0.717, 1.165) is 0 Å². The summed E-state index contributed by atoms with van der Waals surface area (Å²) in [5, 5.41) is 2.98. The van der Waals surface area contributed by atoms with Crippen molar-refractivity contribution >= 4 is 11.7 Å². The number of aromatic nitrogens is 2. The Bertz CT molecular complexity index is 343. The van der Waals surface area contributed by atoms with Gasteiger partial charge in [0.2, 0.25) is 0 Å². The van der Waals surface area contributed by atoms with E-state index in [2.05, 4.69) is 15.3 Å². The van der Waals surface area contributed by atoms with Gasteiger partial charge in [-0.25, -0.2) is 4.98 Å². The van der Waals surface area contributed by atoms with E-state index in [9.17, 15) is 4.79 Å². The largest absolute Gasteiger partial charge is 0.380 e. The monoisotopic (exact) mass is 210 g/mol. The van der Waals surface area contributed by atoms with Gasteiger partial charge in [-0.3, -0.25) is 9.78 Å². The second kappa shape index (κ2) is 5.26. The summed E-state index contributed by atoms with van der Waals surface area (Å²) < 4.78 is 5.05. The lowest BCUT2D eigenvalue weighted by molar-refractivity contribution is 0.0995. The van der Waals surface area contributed by atoms with Gasteiger partial charge < -0.3 is 15.8 Å². The van der Waals surface area contributed by atoms with Crippen molar-refractivity contribution in [1.29, 1.82) is 0 Å². The molecule has 0 aliphatic rings. The number of anilines is 1. The van der Waals surface area contributed by atoms with Gasteiger partial charge in [-0.15, -0.1) is 0 Å². The maximum Gasteiger partial charge on any atom is 0.268 e. The SMILES string of the molecule is COC(C)CNc1cncc(C(N)=O)n1. The van der Waals surface area contributed by atoms with Gasteiger partial charge in [-0.05, 0) is 6.92 Å². The van der Waals surface area contributed by atoms with Crippen molar-refractivity contribution in [3.63, 3.8) is 0 Å². The molecule has 6 nitrogen and oxygen atoms in total. The molecular formula is C9H14N4O2. The lowest BCUT2D eigenvalue weighted by Gasteiger charge is -2.10. The van der Waals surface area contributed by atoms with E-state index in [1.165, 1.54) is 12.4 Å². The molecule has 1 aromatic heterocycles. The molecule has 1 unspecified atom stereocenters. The van der Waals surface area contributed by atoms with Crippen LogP contribution in [-0.2, 0) is 4.74 Å². The highest BCUT2D eigenvalue weighted by Gasteiger charge is 2.04. The zero-order valence-electron chi connectivity index (χ0n) is 8.73. The van der Waals surface area contributed by atoms with Crippen molar-refractivity contribution in [2.24, 2.45) is 5.73 Å². The molecule has 1 atom stereocenters. The van der Waals surface area contributed by atoms with Crippen LogP contribution in [0, 0.1) is 0 Å². The Morgan fingerprint density at radius 1 is 1.67 bits per heavy atom. The molecule has 0 spiro atoms. The average molecular weight is 210 g/mol. The number of rotatable bonds is 5. The molecule has 0 saturated heterocycles. The number of amides is 1. The molecule has 0 saturated carbocycles. The molecule has 1 heterocycles. The van der Waals surface area contributed by atoms with E-state index >= 15 is 0 Å². The van der Waals surface area contributed by atoms with E-state index in [1.54, 1.807) is 7.11 Å². The molecule has 0 radical (unpaired) electrons. The third kappa shape index (κ3) is 3.51. The highest BCUT2D eigenvalue weighted by molar-refractivity contribution is 5.90. The van der Waals surface area contributed by atoms with Crippen LogP contribution in [0.3, 0.4) is 0 Å². The Hall–Kier alpha value is -1.69. The third-order valence-corrected chi connectivity index (χ3v) is 1.86. The molecule has 0 aliphatic heterocycles. The summed E-state index contributed by atoms with van der Waals surface area (Å²) in [6.45, 7) is 2.51. The zero-order chi connectivity index (χ0) is 11.3. The highest BCUT2D eigenvalue weighted by atomic mass is 16.5. The Labute approximate surface area is 87.9 Å². The number of nitrogens with two attached hydrogens (primary N) is 1. The summed E-state index contributed by atoms with van der Waals surface area (Å²) in [5.74, 6) is -0.0823. The Morgan fingerprint density at radius 3 is 3.00 bits per heavy atom. The lowest BCUT2D eigenvalue weighted by Crippen LogP contribution is -2.20. The molecule has 6 heteroatoms. The van der Waals surface area contributed by atoms with Crippen molar-refractivity contribution in [3.8, 4) is 0 Å². The maximum atomic E-state index is 10.8. The molecule has 0 bridgehead atoms. The van der Waals surface area contributed by atoms with Gasteiger partial charge in [-0.2, -0.15) is 0 Å². The molecular weight excluding hydrogens is 196 g/mol. The van der Waals surface area contributed by atoms with Gasteiger partial charge in [-0.1, -0.05) is 0 Å². The van der Waals surface area contributed by atoms with Crippen molar-refractivity contribution in [3.05, 3.63) is 18.1 Å². The second-order valence-corrected chi connectivity index (χ2v) is 3.08. The summed E-state index contributed by atoms with van der Waals surface area (Å²) in [7, 11) is 1.62. The number of carbonyl (C=O) groups excluding carboxylic acids is 1. The molecule has 0 aliphatic carbocycles. The normalized spacial score (nSPS) is 12.1. The Kier molecular flexibility index (Phi) is 3.99. The topological polar surface area (TPSA) is 90.1 Å². The number of nitrogens with one attached hydrogen (secondary N) is 1. The molecule has 82 valence electrons. The van der Waals surface area contributed by atoms with E-state index in [-0.39, 0.29) is 11.8 Å². The summed E-state index contributed by atoms with van der Waals surface area (Å²) in [6.07, 6.45) is 2.91. The Morgan fingerprint density at radius 2 is 2.40 bits per heavy atom. The summed E-state index contributed by atoms with van der Waals surface area (Å²) in [4.78, 5) is 18.6. The first-order chi connectivity index (χ1) is 7.13. The van der Waals surface area contributed by atoms with Crippen molar-refractivity contribution in [2.45, 2.75) is 13.0 Å². The minimum absolute atomic E-state index is 0.0593. The number of methoxy groups -OCH3 is 1. The van der Waals surface area contributed by atoms with Crippen LogP contribution in [0.1, 0.15) is 17.4 Å². The molecule has 1 rings (SSSR count). The quantitative estimate of drug-likeness (QED) is 0.715. The first-order valence-corrected chi connectivity index (χ1v) is 4.52. The van der Waals surface area contributed by atoms with Crippen LogP contribution in [0.25, 0.3) is 0 Å². The van der Waals surface area contributed by atoms with Crippen LogP contribution < -0.4 is 11.1 Å². The van der Waals surface area contributed by atoms with Gasteiger partial charge in [0.15, 0.2) is 0 Å². The van der Waals surface area contributed by atoms with Crippen LogP contribution in [0.15, 0.2) is 12.4 Å². The summed E-state index contributed by atoms with van der Waals surface area (Å²) in [5.41, 5.74) is 5.21. The van der Waals surface area contributed by atoms with E-state index in [0.29, 0.717) is 12.4 Å². The van der Waals surface area contributed by atoms with Crippen molar-refractivity contribution in [2.75, 3.05) is 19.0 Å². The number of hydrogen-bond acceptors (Lipinski definition) is 5. The predicted molar refractivity (Wildman–Crippen MR) is 55.5 cm³/mol. The lowest BCUT2D eigenvalue weighted by atomic mass is 10.4. The molecule has 3 N–H and O–H groups in total. The number of primary amides is 1. The maximum absolute atomic E-state index is 10.8. The number of hydrogen-bond donors (Lipinski definition) is 2. The average Bonchev–Trinajstić information content (AvgIpc) is 2.26. The van der Waals surface area contributed by atoms with Gasteiger partial charge in [0, 0.05) is 13.7 Å². The first-order valence-electron chi connectivity index (χ1n) is 4.52. The van der Waals surface area contributed by atoms with Gasteiger partial charge >= 0.3 is 0 Å². The fraction of sp³-hybridized carbons (Fsp3) is 0.444. The van der Waals surface area contributed by atoms with E-state index < -0.39 is 5.91 Å². The summed E-state index contributed by atoms with van der Waals surface area (Å²) in [6, 6.07) is 0. The van der Waals surface area contributed by atoms with Crippen LogP contribution >= 0.6 is 0 Å². The van der Waals surface area contributed by atoms with E-state index in [1.807, 2.05) is 6.92 Å². The van der Waals surface area contributed by atoms with Gasteiger partial charge in [0.1, 0.15) is 11.5 Å². The number of carbonyl (C=O) groups is 1. The van der Waals surface area contributed by atoms with Gasteiger partial charge in [0.05, 0.1) is 18.5 Å².